The van der Waals surface area contributed by atoms with Crippen LogP contribution in [0.2, 0.25) is 0 Å². The van der Waals surface area contributed by atoms with Crippen LogP contribution >= 0.6 is 0 Å². The van der Waals surface area contributed by atoms with Crippen molar-refractivity contribution in [1.29, 1.82) is 0 Å². The van der Waals surface area contributed by atoms with Crippen LogP contribution in [0.5, 0.6) is 0 Å². The Labute approximate surface area is 170 Å². The highest BCUT2D eigenvalue weighted by atomic mass is 19.1. The second-order valence-corrected chi connectivity index (χ2v) is 8.18. The van der Waals surface area contributed by atoms with E-state index in [1.807, 2.05) is 21.9 Å². The van der Waals surface area contributed by atoms with Gasteiger partial charge in [0.15, 0.2) is 0 Å². The van der Waals surface area contributed by atoms with Crippen LogP contribution in [0.15, 0.2) is 30.5 Å². The molecule has 154 valence electrons. The number of rotatable bonds is 4. The van der Waals surface area contributed by atoms with Crippen LogP contribution in [0.3, 0.4) is 0 Å². The summed E-state index contributed by atoms with van der Waals surface area (Å²) in [6, 6.07) is 6.81. The summed E-state index contributed by atoms with van der Waals surface area (Å²) in [5.41, 5.74) is 0.794. The number of benzene rings is 1. The summed E-state index contributed by atoms with van der Waals surface area (Å²) < 4.78 is 13.8. The number of pyridine rings is 1. The van der Waals surface area contributed by atoms with Crippen molar-refractivity contribution in [2.24, 2.45) is 5.92 Å². The molecule has 0 N–H and O–H groups in total. The van der Waals surface area contributed by atoms with Crippen molar-refractivity contribution >= 4 is 22.6 Å². The first-order valence-electron chi connectivity index (χ1n) is 10.7. The molecule has 2 amide bonds. The Bertz CT molecular complexity index is 887. The van der Waals surface area contributed by atoms with Crippen LogP contribution in [-0.4, -0.2) is 52.8 Å². The molecule has 29 heavy (non-hydrogen) atoms. The third kappa shape index (κ3) is 4.57. The molecule has 1 aromatic heterocycles. The molecule has 0 atom stereocenters. The molecule has 6 heteroatoms. The fourth-order valence-electron chi connectivity index (χ4n) is 4.49. The predicted octanol–water partition coefficient (Wildman–Crippen LogP) is 3.56. The van der Waals surface area contributed by atoms with E-state index in [1.54, 1.807) is 12.3 Å². The number of halogens is 1. The van der Waals surface area contributed by atoms with Gasteiger partial charge in [-0.1, -0.05) is 31.4 Å². The second-order valence-electron chi connectivity index (χ2n) is 8.18. The minimum atomic E-state index is -0.279. The first-order chi connectivity index (χ1) is 14.1. The number of aromatic nitrogens is 1. The maximum atomic E-state index is 13.8. The van der Waals surface area contributed by atoms with Gasteiger partial charge in [0.25, 0.3) is 0 Å². The maximum absolute atomic E-state index is 13.8. The number of hydrogen-bond acceptors (Lipinski definition) is 3. The Morgan fingerprint density at radius 1 is 1.03 bits per heavy atom. The highest BCUT2D eigenvalue weighted by Gasteiger charge is 2.29. The lowest BCUT2D eigenvalue weighted by Crippen LogP contribution is -2.52. The first-order valence-corrected chi connectivity index (χ1v) is 10.7. The average Bonchev–Trinajstić information content (AvgIpc) is 2.78. The number of carbonyl (C=O) groups is 2. The molecule has 2 aliphatic rings. The Morgan fingerprint density at radius 3 is 2.52 bits per heavy atom. The van der Waals surface area contributed by atoms with Crippen molar-refractivity contribution in [3.63, 3.8) is 0 Å². The van der Waals surface area contributed by atoms with Gasteiger partial charge in [-0.25, -0.2) is 4.39 Å². The van der Waals surface area contributed by atoms with Gasteiger partial charge in [-0.05, 0) is 36.8 Å². The third-order valence-electron chi connectivity index (χ3n) is 6.26. The minimum absolute atomic E-state index is 0.0934. The average molecular weight is 397 g/mol. The van der Waals surface area contributed by atoms with Crippen LogP contribution in [-0.2, 0) is 16.0 Å². The molecule has 4 rings (SSSR count). The summed E-state index contributed by atoms with van der Waals surface area (Å²) in [5.74, 6) is 0.286. The summed E-state index contributed by atoms with van der Waals surface area (Å²) in [6.07, 6.45) is 8.04. The fraction of sp³-hybridized carbons (Fsp3) is 0.522. The van der Waals surface area contributed by atoms with Gasteiger partial charge in [0.2, 0.25) is 11.8 Å². The van der Waals surface area contributed by atoms with Crippen LogP contribution in [0.1, 0.15) is 44.2 Å². The molecule has 1 saturated carbocycles. The normalized spacial score (nSPS) is 18.2. The predicted molar refractivity (Wildman–Crippen MR) is 110 cm³/mol. The fourth-order valence-corrected chi connectivity index (χ4v) is 4.49. The minimum Gasteiger partial charge on any atom is -0.339 e. The van der Waals surface area contributed by atoms with Crippen molar-refractivity contribution in [2.45, 2.75) is 44.9 Å². The van der Waals surface area contributed by atoms with E-state index in [0.717, 1.165) is 36.8 Å². The molecule has 1 aliphatic heterocycles. The van der Waals surface area contributed by atoms with Gasteiger partial charge in [-0.3, -0.25) is 14.6 Å². The molecule has 2 fully saturated rings. The van der Waals surface area contributed by atoms with Crippen molar-refractivity contribution in [2.75, 3.05) is 26.2 Å². The SMILES string of the molecule is O=C(CCc1cc2cccc(F)c2cn1)N1CCN(C(=O)C2CCCCC2)CC1. The van der Waals surface area contributed by atoms with E-state index in [-0.39, 0.29) is 23.5 Å². The third-order valence-corrected chi connectivity index (χ3v) is 6.26. The van der Waals surface area contributed by atoms with Gasteiger partial charge in [-0.15, -0.1) is 0 Å². The van der Waals surface area contributed by atoms with Crippen LogP contribution in [0.4, 0.5) is 4.39 Å². The van der Waals surface area contributed by atoms with Crippen LogP contribution < -0.4 is 0 Å². The zero-order valence-corrected chi connectivity index (χ0v) is 16.8. The molecule has 1 aromatic carbocycles. The van der Waals surface area contributed by atoms with Gasteiger partial charge in [0, 0.05) is 55.8 Å². The zero-order valence-electron chi connectivity index (χ0n) is 16.8. The molecule has 1 saturated heterocycles. The summed E-state index contributed by atoms with van der Waals surface area (Å²) >= 11 is 0. The van der Waals surface area contributed by atoms with E-state index in [0.29, 0.717) is 44.4 Å². The number of aryl methyl sites for hydroxylation is 1. The van der Waals surface area contributed by atoms with E-state index < -0.39 is 0 Å². The Hall–Kier alpha value is -2.50. The number of piperazine rings is 1. The van der Waals surface area contributed by atoms with Crippen molar-refractivity contribution in [3.8, 4) is 0 Å². The molecule has 0 bridgehead atoms. The molecule has 0 radical (unpaired) electrons. The molecule has 5 nitrogen and oxygen atoms in total. The lowest BCUT2D eigenvalue weighted by atomic mass is 9.88. The molecular weight excluding hydrogens is 369 g/mol. The lowest BCUT2D eigenvalue weighted by molar-refractivity contribution is -0.142. The van der Waals surface area contributed by atoms with Crippen molar-refractivity contribution in [1.82, 2.24) is 14.8 Å². The molecule has 2 heterocycles. The second kappa shape index (κ2) is 8.89. The molecular formula is C23H28FN3O2. The number of amides is 2. The Morgan fingerprint density at radius 2 is 1.76 bits per heavy atom. The highest BCUT2D eigenvalue weighted by molar-refractivity contribution is 5.83. The van der Waals surface area contributed by atoms with Crippen LogP contribution in [0, 0.1) is 11.7 Å². The topological polar surface area (TPSA) is 53.5 Å². The van der Waals surface area contributed by atoms with Crippen molar-refractivity contribution in [3.05, 3.63) is 42.0 Å². The first kappa shape index (κ1) is 19.8. The largest absolute Gasteiger partial charge is 0.339 e. The summed E-state index contributed by atoms with van der Waals surface area (Å²) in [6.45, 7) is 2.48. The van der Waals surface area contributed by atoms with Gasteiger partial charge >= 0.3 is 0 Å². The van der Waals surface area contributed by atoms with Gasteiger partial charge in [-0.2, -0.15) is 0 Å². The lowest BCUT2D eigenvalue weighted by Gasteiger charge is -2.37. The molecule has 0 unspecified atom stereocenters. The Kier molecular flexibility index (Phi) is 6.07. The van der Waals surface area contributed by atoms with E-state index in [4.69, 9.17) is 0 Å². The Balaban J connectivity index is 1.27. The van der Waals surface area contributed by atoms with Gasteiger partial charge < -0.3 is 9.80 Å². The van der Waals surface area contributed by atoms with Crippen LogP contribution in [0.25, 0.3) is 10.8 Å². The quantitative estimate of drug-likeness (QED) is 0.793. The van der Waals surface area contributed by atoms with Gasteiger partial charge in [0.1, 0.15) is 5.82 Å². The number of fused-ring (bicyclic) bond motifs is 1. The van der Waals surface area contributed by atoms with E-state index >= 15 is 0 Å². The van der Waals surface area contributed by atoms with E-state index in [1.165, 1.54) is 12.5 Å². The number of hydrogen-bond donors (Lipinski definition) is 0. The van der Waals surface area contributed by atoms with Crippen molar-refractivity contribution < 1.29 is 14.0 Å². The van der Waals surface area contributed by atoms with E-state index in [2.05, 4.69) is 4.98 Å². The number of nitrogens with zero attached hydrogens (tertiary/aromatic N) is 3. The standard InChI is InChI=1S/C23H28FN3O2/c24-21-8-4-7-18-15-19(25-16-20(18)21)9-10-22(28)26-11-13-27(14-12-26)23(29)17-5-2-1-3-6-17/h4,7-8,15-17H,1-3,5-6,9-14H2. The van der Waals surface area contributed by atoms with E-state index in [9.17, 15) is 14.0 Å². The molecule has 1 aliphatic carbocycles. The summed E-state index contributed by atoms with van der Waals surface area (Å²) in [5, 5.41) is 1.30. The zero-order chi connectivity index (χ0) is 20.2. The summed E-state index contributed by atoms with van der Waals surface area (Å²) in [7, 11) is 0. The highest BCUT2D eigenvalue weighted by Crippen LogP contribution is 2.26. The summed E-state index contributed by atoms with van der Waals surface area (Å²) in [4.78, 5) is 33.4. The molecule has 2 aromatic rings. The maximum Gasteiger partial charge on any atom is 0.225 e. The monoisotopic (exact) mass is 397 g/mol. The number of carbonyl (C=O) groups excluding carboxylic acids is 2. The molecule has 0 spiro atoms. The smallest absolute Gasteiger partial charge is 0.225 e. The van der Waals surface area contributed by atoms with Gasteiger partial charge in [0.05, 0.1) is 0 Å².